The van der Waals surface area contributed by atoms with Gasteiger partial charge in [0.25, 0.3) is 5.91 Å². The van der Waals surface area contributed by atoms with Crippen LogP contribution < -0.4 is 15.4 Å². The Morgan fingerprint density at radius 2 is 1.86 bits per heavy atom. The van der Waals surface area contributed by atoms with Crippen molar-refractivity contribution in [3.05, 3.63) is 41.6 Å². The third-order valence-corrected chi connectivity index (χ3v) is 8.77. The summed E-state index contributed by atoms with van der Waals surface area (Å²) in [5, 5.41) is 10.3. The molecule has 7 rings (SSSR count). The lowest BCUT2D eigenvalue weighted by Crippen LogP contribution is -2.51. The van der Waals surface area contributed by atoms with Crippen molar-refractivity contribution >= 4 is 11.7 Å². The number of ether oxygens (including phenoxy) is 1. The van der Waals surface area contributed by atoms with Crippen LogP contribution in [0.25, 0.3) is 0 Å². The first kappa shape index (κ1) is 22.7. The standard InChI is InChI=1S/C26H31F3N4O2/c1-35-19-4-2-3-18(8-19)21-9-22(26(27,28)29)33-23(32-21)20(13-31-33)24(34)30-14-25-10-15-5-16(11-25)7-17(6-15)12-25/h2-4,8,13,15-17,21-22,32H,5-7,9-12,14H2,1H3,(H,30,34)/t15?,16?,17?,21-,22+,25?/m1/s1. The topological polar surface area (TPSA) is 68.2 Å². The number of carbonyl (C=O) groups excluding carboxylic acids is 1. The zero-order valence-electron chi connectivity index (χ0n) is 19.8. The molecule has 9 heteroatoms. The Labute approximate surface area is 202 Å². The number of nitrogens with one attached hydrogen (secondary N) is 2. The van der Waals surface area contributed by atoms with Crippen molar-refractivity contribution < 1.29 is 22.7 Å². The maximum absolute atomic E-state index is 14.0. The zero-order chi connectivity index (χ0) is 24.4. The molecule has 4 saturated carbocycles. The highest BCUT2D eigenvalue weighted by Crippen LogP contribution is 2.59. The van der Waals surface area contributed by atoms with Gasteiger partial charge in [0.1, 0.15) is 17.1 Å². The minimum atomic E-state index is -4.49. The van der Waals surface area contributed by atoms with Crippen molar-refractivity contribution in [1.82, 2.24) is 15.1 Å². The molecule has 0 radical (unpaired) electrons. The summed E-state index contributed by atoms with van der Waals surface area (Å²) >= 11 is 0. The molecule has 1 aromatic heterocycles. The Kier molecular flexibility index (Phi) is 5.30. The number of nitrogens with zero attached hydrogens (tertiary/aromatic N) is 2. The number of halogens is 3. The highest BCUT2D eigenvalue weighted by molar-refractivity contribution is 5.99. The quantitative estimate of drug-likeness (QED) is 0.583. The molecule has 2 aromatic rings. The highest BCUT2D eigenvalue weighted by Gasteiger charge is 2.51. The summed E-state index contributed by atoms with van der Waals surface area (Å²) < 4.78 is 48.2. The number of benzene rings is 1. The van der Waals surface area contributed by atoms with Crippen LogP contribution in [0.15, 0.2) is 30.5 Å². The molecule has 2 N–H and O–H groups in total. The Balaban J connectivity index is 1.25. The van der Waals surface area contributed by atoms with Crippen molar-refractivity contribution in [2.24, 2.45) is 23.2 Å². The van der Waals surface area contributed by atoms with Gasteiger partial charge < -0.3 is 15.4 Å². The monoisotopic (exact) mass is 488 g/mol. The van der Waals surface area contributed by atoms with Gasteiger partial charge in [-0.2, -0.15) is 18.3 Å². The van der Waals surface area contributed by atoms with E-state index in [0.29, 0.717) is 17.9 Å². The van der Waals surface area contributed by atoms with E-state index in [1.54, 1.807) is 24.3 Å². The van der Waals surface area contributed by atoms with E-state index in [0.717, 1.165) is 41.7 Å². The van der Waals surface area contributed by atoms with Gasteiger partial charge in [-0.05, 0) is 79.4 Å². The molecule has 6 nitrogen and oxygen atoms in total. The van der Waals surface area contributed by atoms with E-state index in [2.05, 4.69) is 15.7 Å². The van der Waals surface area contributed by atoms with Gasteiger partial charge in [-0.3, -0.25) is 4.79 Å². The Bertz CT molecular complexity index is 1090. The van der Waals surface area contributed by atoms with Crippen LogP contribution in [0, 0.1) is 23.2 Å². The lowest BCUT2D eigenvalue weighted by molar-refractivity contribution is -0.173. The Hall–Kier alpha value is -2.71. The molecule has 35 heavy (non-hydrogen) atoms. The van der Waals surface area contributed by atoms with Gasteiger partial charge in [-0.1, -0.05) is 12.1 Å². The largest absolute Gasteiger partial charge is 0.497 e. The number of methoxy groups -OCH3 is 1. The molecule has 1 aromatic carbocycles. The fraction of sp³-hybridized carbons (Fsp3) is 0.615. The minimum Gasteiger partial charge on any atom is -0.497 e. The first-order chi connectivity index (χ1) is 16.7. The molecule has 2 heterocycles. The van der Waals surface area contributed by atoms with Crippen molar-refractivity contribution in [3.63, 3.8) is 0 Å². The maximum atomic E-state index is 14.0. The molecule has 4 aliphatic carbocycles. The molecule has 4 bridgehead atoms. The molecule has 0 spiro atoms. The smallest absolute Gasteiger partial charge is 0.410 e. The van der Waals surface area contributed by atoms with Crippen molar-refractivity contribution in [3.8, 4) is 5.75 Å². The van der Waals surface area contributed by atoms with Crippen LogP contribution in [-0.4, -0.2) is 35.5 Å². The van der Waals surface area contributed by atoms with Gasteiger partial charge in [0.05, 0.1) is 19.3 Å². The normalized spacial score (nSPS) is 33.2. The van der Waals surface area contributed by atoms with Crippen LogP contribution in [-0.2, 0) is 0 Å². The van der Waals surface area contributed by atoms with Crippen LogP contribution in [0.2, 0.25) is 0 Å². The zero-order valence-corrected chi connectivity index (χ0v) is 19.8. The van der Waals surface area contributed by atoms with Crippen molar-refractivity contribution in [2.75, 3.05) is 19.0 Å². The third-order valence-electron chi connectivity index (χ3n) is 8.77. The van der Waals surface area contributed by atoms with Crippen LogP contribution in [0.4, 0.5) is 19.0 Å². The summed E-state index contributed by atoms with van der Waals surface area (Å²) in [6.07, 6.45) is 3.96. The molecule has 0 unspecified atom stereocenters. The van der Waals surface area contributed by atoms with E-state index >= 15 is 0 Å². The molecule has 1 amide bonds. The molecule has 2 atom stereocenters. The van der Waals surface area contributed by atoms with Gasteiger partial charge in [-0.15, -0.1) is 0 Å². The van der Waals surface area contributed by atoms with Crippen LogP contribution in [0.5, 0.6) is 5.75 Å². The number of amides is 1. The van der Waals surface area contributed by atoms with Crippen molar-refractivity contribution in [1.29, 1.82) is 0 Å². The van der Waals surface area contributed by atoms with Crippen molar-refractivity contribution in [2.45, 2.75) is 63.2 Å². The number of alkyl halides is 3. The van der Waals surface area contributed by atoms with E-state index in [9.17, 15) is 18.0 Å². The summed E-state index contributed by atoms with van der Waals surface area (Å²) in [6.45, 7) is 0.585. The van der Waals surface area contributed by atoms with Crippen LogP contribution in [0.1, 0.15) is 73.0 Å². The summed E-state index contributed by atoms with van der Waals surface area (Å²) in [7, 11) is 1.52. The second-order valence-corrected chi connectivity index (χ2v) is 11.2. The fourth-order valence-electron chi connectivity index (χ4n) is 7.68. The number of aromatic nitrogens is 2. The third kappa shape index (κ3) is 4.06. The average Bonchev–Trinajstić information content (AvgIpc) is 3.24. The molecule has 5 aliphatic rings. The highest BCUT2D eigenvalue weighted by atomic mass is 19.4. The summed E-state index contributed by atoms with van der Waals surface area (Å²) in [4.78, 5) is 13.3. The van der Waals surface area contributed by atoms with E-state index in [1.165, 1.54) is 32.6 Å². The predicted molar refractivity (Wildman–Crippen MR) is 124 cm³/mol. The van der Waals surface area contributed by atoms with Gasteiger partial charge >= 0.3 is 6.18 Å². The molecular weight excluding hydrogens is 457 g/mol. The number of carbonyl (C=O) groups is 1. The van der Waals surface area contributed by atoms with E-state index < -0.39 is 18.3 Å². The van der Waals surface area contributed by atoms with E-state index in [-0.39, 0.29) is 29.1 Å². The first-order valence-corrected chi connectivity index (χ1v) is 12.6. The molecule has 188 valence electrons. The second kappa shape index (κ2) is 8.17. The van der Waals surface area contributed by atoms with E-state index in [4.69, 9.17) is 4.74 Å². The SMILES string of the molecule is COc1cccc([C@H]2C[C@@H](C(F)(F)F)n3ncc(C(=O)NCC45CC6CC(CC(C6)C4)C5)c3N2)c1. The Morgan fingerprint density at radius 1 is 1.17 bits per heavy atom. The number of anilines is 1. The maximum Gasteiger partial charge on any atom is 0.410 e. The van der Waals surface area contributed by atoms with Gasteiger partial charge in [0.15, 0.2) is 6.04 Å². The van der Waals surface area contributed by atoms with Gasteiger partial charge in [0, 0.05) is 13.0 Å². The lowest BCUT2D eigenvalue weighted by Gasteiger charge is -2.56. The fourth-order valence-corrected chi connectivity index (χ4v) is 7.68. The predicted octanol–water partition coefficient (Wildman–Crippen LogP) is 5.50. The molecule has 4 fully saturated rings. The summed E-state index contributed by atoms with van der Waals surface area (Å²) in [6, 6.07) is 4.55. The average molecular weight is 489 g/mol. The van der Waals surface area contributed by atoms with Gasteiger partial charge in [-0.25, -0.2) is 4.68 Å². The number of hydrogen-bond acceptors (Lipinski definition) is 4. The summed E-state index contributed by atoms with van der Waals surface area (Å²) in [5.74, 6) is 2.62. The van der Waals surface area contributed by atoms with Crippen LogP contribution >= 0.6 is 0 Å². The minimum absolute atomic E-state index is 0.120. The van der Waals surface area contributed by atoms with Crippen LogP contribution in [0.3, 0.4) is 0 Å². The molecule has 0 saturated heterocycles. The number of fused-ring (bicyclic) bond motifs is 1. The molecular formula is C26H31F3N4O2. The summed E-state index contributed by atoms with van der Waals surface area (Å²) in [5.41, 5.74) is 0.977. The van der Waals surface area contributed by atoms with Gasteiger partial charge in [0.2, 0.25) is 0 Å². The van der Waals surface area contributed by atoms with E-state index in [1.807, 2.05) is 0 Å². The number of rotatable bonds is 5. The first-order valence-electron chi connectivity index (χ1n) is 12.6. The second-order valence-electron chi connectivity index (χ2n) is 11.2. The Morgan fingerprint density at radius 3 is 2.49 bits per heavy atom. The number of hydrogen-bond donors (Lipinski definition) is 2. The lowest BCUT2D eigenvalue weighted by atomic mass is 9.49. The molecule has 1 aliphatic heterocycles.